The third-order valence-electron chi connectivity index (χ3n) is 5.28. The van der Waals surface area contributed by atoms with E-state index in [0.717, 1.165) is 22.0 Å². The quantitative estimate of drug-likeness (QED) is 0.464. The van der Waals surface area contributed by atoms with Crippen LogP contribution in [0.1, 0.15) is 16.7 Å². The van der Waals surface area contributed by atoms with Crippen LogP contribution in [-0.2, 0) is 34.0 Å². The second-order valence-electron chi connectivity index (χ2n) is 7.58. The van der Waals surface area contributed by atoms with E-state index >= 15 is 0 Å². The number of aliphatic hydroxyl groups is 1. The van der Waals surface area contributed by atoms with E-state index in [9.17, 15) is 5.11 Å². The Bertz CT molecular complexity index is 891. The monoisotopic (exact) mass is 484 g/mol. The van der Waals surface area contributed by atoms with E-state index < -0.39 is 11.1 Å². The molecule has 162 valence electrons. The van der Waals surface area contributed by atoms with Crippen LogP contribution in [0.15, 0.2) is 91.0 Å². The van der Waals surface area contributed by atoms with Crippen molar-refractivity contribution >= 4 is 15.0 Å². The Morgan fingerprint density at radius 3 is 1.52 bits per heavy atom. The van der Waals surface area contributed by atoms with Crippen LogP contribution >= 0.6 is 0 Å². The number of ether oxygens (including phenoxy) is 3. The first-order chi connectivity index (χ1) is 15.3. The molecule has 3 aromatic carbocycles. The molecule has 1 unspecified atom stereocenters. The van der Waals surface area contributed by atoms with E-state index in [0.29, 0.717) is 19.8 Å². The fraction of sp³-hybridized carbons (Fsp3) is 0.308. The van der Waals surface area contributed by atoms with E-state index in [2.05, 4.69) is 12.1 Å². The summed E-state index contributed by atoms with van der Waals surface area (Å²) < 4.78 is 18.9. The van der Waals surface area contributed by atoms with Crippen LogP contribution in [0.4, 0.5) is 0 Å². The van der Waals surface area contributed by atoms with Crippen molar-refractivity contribution in [1.29, 1.82) is 0 Å². The van der Waals surface area contributed by atoms with Crippen molar-refractivity contribution in [2.75, 3.05) is 0 Å². The van der Waals surface area contributed by atoms with Crippen LogP contribution in [0.25, 0.3) is 0 Å². The zero-order valence-electron chi connectivity index (χ0n) is 17.4. The van der Waals surface area contributed by atoms with Crippen molar-refractivity contribution in [2.45, 2.75) is 48.5 Å². The molecule has 4 atom stereocenters. The van der Waals surface area contributed by atoms with Crippen LogP contribution < -0.4 is 0 Å². The number of hydrogen-bond donors (Lipinski definition) is 1. The van der Waals surface area contributed by atoms with Gasteiger partial charge in [0.05, 0.1) is 0 Å². The van der Waals surface area contributed by atoms with Gasteiger partial charge in [-0.3, -0.25) is 0 Å². The molecule has 1 aliphatic rings. The summed E-state index contributed by atoms with van der Waals surface area (Å²) >= 11 is 0.00924. The van der Waals surface area contributed by atoms with Gasteiger partial charge in [-0.05, 0) is 0 Å². The summed E-state index contributed by atoms with van der Waals surface area (Å²) in [6.07, 6.45) is -0.871. The molecular formula is C26H28O4Se. The number of hydrogen-bond acceptors (Lipinski definition) is 4. The molecule has 3 aromatic rings. The summed E-state index contributed by atoms with van der Waals surface area (Å²) in [5, 5.41) is 11.1. The average molecular weight is 483 g/mol. The minimum absolute atomic E-state index is 0.00924. The van der Waals surface area contributed by atoms with Gasteiger partial charge in [0.2, 0.25) is 0 Å². The molecule has 1 fully saturated rings. The summed E-state index contributed by atoms with van der Waals surface area (Å²) in [7, 11) is 0. The SMILES string of the molecule is OC1[Se]C[C@@H](OCc2ccccc2)[C@@H](OCc2ccccc2)[C@@H]1OCc1ccccc1. The molecule has 0 saturated carbocycles. The second-order valence-corrected chi connectivity index (χ2v) is 9.99. The van der Waals surface area contributed by atoms with Gasteiger partial charge < -0.3 is 0 Å². The van der Waals surface area contributed by atoms with Crippen molar-refractivity contribution < 1.29 is 19.3 Å². The molecule has 5 heteroatoms. The van der Waals surface area contributed by atoms with Gasteiger partial charge in [-0.25, -0.2) is 0 Å². The molecule has 0 spiro atoms. The van der Waals surface area contributed by atoms with Gasteiger partial charge in [0.15, 0.2) is 0 Å². The first kappa shape index (κ1) is 22.2. The van der Waals surface area contributed by atoms with Gasteiger partial charge in [0, 0.05) is 0 Å². The third kappa shape index (κ3) is 6.50. The Morgan fingerprint density at radius 1 is 0.613 bits per heavy atom. The zero-order valence-corrected chi connectivity index (χ0v) is 19.1. The van der Waals surface area contributed by atoms with Crippen LogP contribution in [0.3, 0.4) is 0 Å². The molecule has 0 amide bonds. The molecule has 31 heavy (non-hydrogen) atoms. The molecule has 0 aliphatic carbocycles. The Morgan fingerprint density at radius 2 is 1.03 bits per heavy atom. The summed E-state index contributed by atoms with van der Waals surface area (Å²) in [5.74, 6) is 0. The van der Waals surface area contributed by atoms with Crippen molar-refractivity contribution in [1.82, 2.24) is 0 Å². The fourth-order valence-corrected chi connectivity index (χ4v) is 5.89. The summed E-state index contributed by atoms with van der Waals surface area (Å²) in [6.45, 7) is 1.42. The summed E-state index contributed by atoms with van der Waals surface area (Å²) in [5.41, 5.74) is 3.30. The normalized spacial score (nSPS) is 23.5. The van der Waals surface area contributed by atoms with Crippen molar-refractivity contribution in [2.24, 2.45) is 0 Å². The van der Waals surface area contributed by atoms with Crippen LogP contribution in [0.2, 0.25) is 5.32 Å². The predicted molar refractivity (Wildman–Crippen MR) is 122 cm³/mol. The first-order valence-corrected chi connectivity index (χ1v) is 12.8. The molecule has 0 bridgehead atoms. The second kappa shape index (κ2) is 11.6. The van der Waals surface area contributed by atoms with Crippen molar-refractivity contribution in [3.63, 3.8) is 0 Å². The van der Waals surface area contributed by atoms with E-state index in [4.69, 9.17) is 14.2 Å². The van der Waals surface area contributed by atoms with Gasteiger partial charge in [0.1, 0.15) is 0 Å². The molecule has 4 nitrogen and oxygen atoms in total. The van der Waals surface area contributed by atoms with Crippen molar-refractivity contribution in [3.8, 4) is 0 Å². The Balaban J connectivity index is 1.46. The number of aliphatic hydroxyl groups excluding tert-OH is 1. The molecular weight excluding hydrogens is 455 g/mol. The van der Waals surface area contributed by atoms with E-state index in [1.807, 2.05) is 78.9 Å². The molecule has 0 aromatic heterocycles. The van der Waals surface area contributed by atoms with Gasteiger partial charge in [0.25, 0.3) is 0 Å². The Kier molecular flexibility index (Phi) is 8.30. The zero-order chi connectivity index (χ0) is 21.3. The Hall–Kier alpha value is -1.98. The van der Waals surface area contributed by atoms with E-state index in [1.54, 1.807) is 0 Å². The van der Waals surface area contributed by atoms with Gasteiger partial charge in [-0.15, -0.1) is 0 Å². The first-order valence-electron chi connectivity index (χ1n) is 10.6. The molecule has 4 rings (SSSR count). The number of benzene rings is 3. The van der Waals surface area contributed by atoms with Crippen LogP contribution in [0.5, 0.6) is 0 Å². The average Bonchev–Trinajstić information content (AvgIpc) is 2.83. The van der Waals surface area contributed by atoms with E-state index in [1.165, 1.54) is 0 Å². The van der Waals surface area contributed by atoms with Crippen molar-refractivity contribution in [3.05, 3.63) is 108 Å². The predicted octanol–water partition coefficient (Wildman–Crippen LogP) is 4.20. The summed E-state index contributed by atoms with van der Waals surface area (Å²) in [4.78, 5) is 0. The molecule has 0 radical (unpaired) electrons. The third-order valence-corrected chi connectivity index (χ3v) is 7.65. The maximum absolute atomic E-state index is 10.8. The molecule has 1 saturated heterocycles. The topological polar surface area (TPSA) is 47.9 Å². The number of rotatable bonds is 9. The van der Waals surface area contributed by atoms with Gasteiger partial charge in [-0.2, -0.15) is 0 Å². The van der Waals surface area contributed by atoms with E-state index in [-0.39, 0.29) is 27.2 Å². The fourth-order valence-electron chi connectivity index (χ4n) is 3.59. The standard InChI is InChI=1S/C26H28O4Se/c27-26-25(30-18-22-14-8-3-9-15-22)24(29-17-21-12-6-2-7-13-21)23(19-31-26)28-16-20-10-4-1-5-11-20/h1-15,23-27H,16-19H2/t23-,24-,25+,26?/m1/s1. The van der Waals surface area contributed by atoms with Gasteiger partial charge in [-0.1, -0.05) is 0 Å². The summed E-state index contributed by atoms with van der Waals surface area (Å²) in [6, 6.07) is 30.3. The molecule has 1 aliphatic heterocycles. The Labute approximate surface area is 190 Å². The van der Waals surface area contributed by atoms with Crippen LogP contribution in [-0.4, -0.2) is 43.4 Å². The van der Waals surface area contributed by atoms with Crippen LogP contribution in [0, 0.1) is 0 Å². The minimum atomic E-state index is -0.520. The molecule has 1 N–H and O–H groups in total. The maximum atomic E-state index is 10.8. The molecule has 1 heterocycles. The van der Waals surface area contributed by atoms with Gasteiger partial charge >= 0.3 is 190 Å².